The third kappa shape index (κ3) is 3.31. The second-order valence-electron chi connectivity index (χ2n) is 5.32. The maximum absolute atomic E-state index is 11.2. The van der Waals surface area contributed by atoms with Gasteiger partial charge in [0.2, 0.25) is 0 Å². The molecule has 0 saturated heterocycles. The number of pyridine rings is 1. The molecular weight excluding hydrogens is 268 g/mol. The summed E-state index contributed by atoms with van der Waals surface area (Å²) < 4.78 is 5.57. The summed E-state index contributed by atoms with van der Waals surface area (Å²) in [6, 6.07) is 7.39. The number of nitrogens with one attached hydrogen (secondary N) is 1. The molecule has 2 aromatic rings. The zero-order chi connectivity index (χ0) is 14.7. The maximum Gasteiger partial charge on any atom is 0.337 e. The Bertz CT molecular complexity index is 653. The number of aromatic nitrogens is 1. The second-order valence-corrected chi connectivity index (χ2v) is 5.32. The van der Waals surface area contributed by atoms with E-state index in [1.165, 1.54) is 19.0 Å². The molecule has 3 rings (SSSR count). The number of hydrogen-bond acceptors (Lipinski definition) is 4. The van der Waals surface area contributed by atoms with Crippen LogP contribution in [-0.4, -0.2) is 35.8 Å². The van der Waals surface area contributed by atoms with Gasteiger partial charge in [-0.25, -0.2) is 9.78 Å². The van der Waals surface area contributed by atoms with E-state index in [1.807, 2.05) is 18.2 Å². The van der Waals surface area contributed by atoms with Gasteiger partial charge in [0, 0.05) is 30.1 Å². The van der Waals surface area contributed by atoms with Gasteiger partial charge < -0.3 is 15.2 Å². The molecule has 21 heavy (non-hydrogen) atoms. The van der Waals surface area contributed by atoms with Crippen LogP contribution >= 0.6 is 0 Å². The molecule has 0 spiro atoms. The number of hydrogen-bond donors (Lipinski definition) is 2. The number of nitrogens with zero attached hydrogens (tertiary/aromatic N) is 1. The molecule has 2 N–H and O–H groups in total. The fourth-order valence-corrected chi connectivity index (χ4v) is 2.28. The summed E-state index contributed by atoms with van der Waals surface area (Å²) >= 11 is 0. The lowest BCUT2D eigenvalue weighted by Gasteiger charge is -2.10. The minimum absolute atomic E-state index is 0.223. The van der Waals surface area contributed by atoms with Gasteiger partial charge in [0.05, 0.1) is 12.2 Å². The number of anilines is 1. The molecule has 0 unspecified atom stereocenters. The van der Waals surface area contributed by atoms with Gasteiger partial charge in [0.15, 0.2) is 0 Å². The van der Waals surface area contributed by atoms with Crippen LogP contribution in [0.2, 0.25) is 0 Å². The number of aromatic carboxylic acids is 1. The van der Waals surface area contributed by atoms with Crippen LogP contribution < -0.4 is 5.32 Å². The first-order valence-electron chi connectivity index (χ1n) is 7.18. The molecule has 0 radical (unpaired) electrons. The Morgan fingerprint density at radius 3 is 2.81 bits per heavy atom. The number of carboxylic acids is 1. The Labute approximate surface area is 123 Å². The minimum Gasteiger partial charge on any atom is -0.478 e. The summed E-state index contributed by atoms with van der Waals surface area (Å²) in [5.41, 5.74) is 0.223. The fraction of sp³-hybridized carbons (Fsp3) is 0.375. The van der Waals surface area contributed by atoms with Crippen LogP contribution in [0.15, 0.2) is 30.5 Å². The maximum atomic E-state index is 11.2. The number of carboxylic acid groups (broad SMARTS) is 1. The average Bonchev–Trinajstić information content (AvgIpc) is 3.30. The molecule has 110 valence electrons. The highest BCUT2D eigenvalue weighted by Crippen LogP contribution is 2.28. The van der Waals surface area contributed by atoms with Crippen LogP contribution in [0.1, 0.15) is 23.2 Å². The van der Waals surface area contributed by atoms with Crippen LogP contribution in [0.5, 0.6) is 0 Å². The molecule has 1 fully saturated rings. The van der Waals surface area contributed by atoms with Gasteiger partial charge in [0.1, 0.15) is 5.82 Å². The number of fused-ring (bicyclic) bond motifs is 1. The van der Waals surface area contributed by atoms with Crippen molar-refractivity contribution in [2.75, 3.05) is 25.1 Å². The van der Waals surface area contributed by atoms with Crippen LogP contribution in [0.3, 0.4) is 0 Å². The van der Waals surface area contributed by atoms with E-state index < -0.39 is 5.97 Å². The van der Waals surface area contributed by atoms with E-state index in [0.29, 0.717) is 24.4 Å². The molecule has 0 atom stereocenters. The highest BCUT2D eigenvalue weighted by atomic mass is 16.5. The summed E-state index contributed by atoms with van der Waals surface area (Å²) in [6.07, 6.45) is 3.98. The molecule has 0 amide bonds. The Balaban J connectivity index is 1.69. The molecule has 1 aromatic carbocycles. The Morgan fingerprint density at radius 1 is 1.33 bits per heavy atom. The van der Waals surface area contributed by atoms with Crippen molar-refractivity contribution in [2.24, 2.45) is 5.92 Å². The van der Waals surface area contributed by atoms with Gasteiger partial charge >= 0.3 is 5.97 Å². The smallest absolute Gasteiger partial charge is 0.337 e. The van der Waals surface area contributed by atoms with E-state index in [9.17, 15) is 9.90 Å². The molecule has 0 aliphatic heterocycles. The van der Waals surface area contributed by atoms with Crippen molar-refractivity contribution in [3.8, 4) is 0 Å². The normalized spacial score (nSPS) is 14.3. The molecule has 0 bridgehead atoms. The Morgan fingerprint density at radius 2 is 2.10 bits per heavy atom. The van der Waals surface area contributed by atoms with Crippen molar-refractivity contribution in [3.63, 3.8) is 0 Å². The first kappa shape index (κ1) is 13.8. The summed E-state index contributed by atoms with van der Waals surface area (Å²) in [6.45, 7) is 2.14. The number of ether oxygens (including phenoxy) is 1. The van der Waals surface area contributed by atoms with E-state index >= 15 is 0 Å². The van der Waals surface area contributed by atoms with Crippen molar-refractivity contribution in [2.45, 2.75) is 12.8 Å². The van der Waals surface area contributed by atoms with E-state index in [1.54, 1.807) is 6.07 Å². The second kappa shape index (κ2) is 6.10. The zero-order valence-electron chi connectivity index (χ0n) is 11.7. The third-order valence-corrected chi connectivity index (χ3v) is 3.61. The summed E-state index contributed by atoms with van der Waals surface area (Å²) in [7, 11) is 0. The van der Waals surface area contributed by atoms with Gasteiger partial charge in [-0.15, -0.1) is 0 Å². The minimum atomic E-state index is -0.960. The number of benzene rings is 1. The zero-order valence-corrected chi connectivity index (χ0v) is 11.7. The Hall–Kier alpha value is -2.14. The van der Waals surface area contributed by atoms with Gasteiger partial charge in [-0.1, -0.05) is 24.3 Å². The third-order valence-electron chi connectivity index (χ3n) is 3.61. The van der Waals surface area contributed by atoms with E-state index in [2.05, 4.69) is 10.3 Å². The topological polar surface area (TPSA) is 71.5 Å². The SMILES string of the molecule is O=C(O)c1cnc(NCCOCC2CC2)c2ccccc12. The molecule has 1 heterocycles. The van der Waals surface area contributed by atoms with Crippen molar-refractivity contribution in [1.29, 1.82) is 0 Å². The molecular formula is C16H18N2O3. The van der Waals surface area contributed by atoms with Crippen LogP contribution in [-0.2, 0) is 4.74 Å². The van der Waals surface area contributed by atoms with Gasteiger partial charge in [-0.05, 0) is 18.8 Å². The van der Waals surface area contributed by atoms with Gasteiger partial charge in [-0.2, -0.15) is 0 Å². The lowest BCUT2D eigenvalue weighted by Crippen LogP contribution is -2.12. The molecule has 5 heteroatoms. The van der Waals surface area contributed by atoms with E-state index in [0.717, 1.165) is 17.9 Å². The monoisotopic (exact) mass is 286 g/mol. The summed E-state index contributed by atoms with van der Waals surface area (Å²) in [5.74, 6) is 0.502. The largest absolute Gasteiger partial charge is 0.478 e. The summed E-state index contributed by atoms with van der Waals surface area (Å²) in [5, 5.41) is 13.9. The van der Waals surface area contributed by atoms with Crippen molar-refractivity contribution in [3.05, 3.63) is 36.0 Å². The van der Waals surface area contributed by atoms with Crippen molar-refractivity contribution in [1.82, 2.24) is 4.98 Å². The van der Waals surface area contributed by atoms with Gasteiger partial charge in [0.25, 0.3) is 0 Å². The first-order valence-corrected chi connectivity index (χ1v) is 7.18. The summed E-state index contributed by atoms with van der Waals surface area (Å²) in [4.78, 5) is 15.4. The molecule has 5 nitrogen and oxygen atoms in total. The van der Waals surface area contributed by atoms with Crippen LogP contribution in [0.25, 0.3) is 10.8 Å². The van der Waals surface area contributed by atoms with E-state index in [-0.39, 0.29) is 5.56 Å². The fourth-order valence-electron chi connectivity index (χ4n) is 2.28. The lowest BCUT2D eigenvalue weighted by atomic mass is 10.1. The molecule has 1 aromatic heterocycles. The predicted octanol–water partition coefficient (Wildman–Crippen LogP) is 2.77. The Kier molecular flexibility index (Phi) is 4.01. The highest BCUT2D eigenvalue weighted by Gasteiger charge is 2.20. The standard InChI is InChI=1S/C16H18N2O3/c19-16(20)14-9-18-15(13-4-2-1-3-12(13)14)17-7-8-21-10-11-5-6-11/h1-4,9,11H,5-8,10H2,(H,17,18)(H,19,20). The van der Waals surface area contributed by atoms with E-state index in [4.69, 9.17) is 4.74 Å². The molecule has 1 aliphatic carbocycles. The average molecular weight is 286 g/mol. The van der Waals surface area contributed by atoms with Crippen molar-refractivity contribution >= 4 is 22.6 Å². The lowest BCUT2D eigenvalue weighted by molar-refractivity contribution is 0.0698. The van der Waals surface area contributed by atoms with Gasteiger partial charge in [-0.3, -0.25) is 0 Å². The predicted molar refractivity (Wildman–Crippen MR) is 80.7 cm³/mol. The molecule has 1 saturated carbocycles. The highest BCUT2D eigenvalue weighted by molar-refractivity contribution is 6.06. The number of rotatable bonds is 7. The first-order chi connectivity index (χ1) is 10.3. The number of carbonyl (C=O) groups is 1. The van der Waals surface area contributed by atoms with Crippen molar-refractivity contribution < 1.29 is 14.6 Å². The molecule has 1 aliphatic rings. The van der Waals surface area contributed by atoms with Crippen LogP contribution in [0, 0.1) is 5.92 Å². The van der Waals surface area contributed by atoms with Crippen LogP contribution in [0.4, 0.5) is 5.82 Å². The quantitative estimate of drug-likeness (QED) is 0.766.